The lowest BCUT2D eigenvalue weighted by Gasteiger charge is -2.09. The van der Waals surface area contributed by atoms with Crippen LogP contribution in [0, 0.1) is 10.1 Å². The van der Waals surface area contributed by atoms with Crippen LogP contribution in [0.1, 0.15) is 16.9 Å². The van der Waals surface area contributed by atoms with E-state index < -0.39 is 4.92 Å². The first-order valence-corrected chi connectivity index (χ1v) is 6.29. The molecule has 1 aromatic heterocycles. The predicted octanol–water partition coefficient (Wildman–Crippen LogP) is 0.563. The van der Waals surface area contributed by atoms with Gasteiger partial charge in [-0.3, -0.25) is 20.0 Å². The second-order valence-corrected chi connectivity index (χ2v) is 4.72. The molecule has 0 spiro atoms. The average Bonchev–Trinajstić information content (AvgIpc) is 3.06. The maximum Gasteiger partial charge on any atom is 0.272 e. The molecule has 2 aromatic rings. The molecule has 1 atom stereocenters. The fraction of sp³-hybridized carbons (Fsp3) is 0.333. The number of rotatable bonds is 3. The van der Waals surface area contributed by atoms with E-state index in [9.17, 15) is 14.9 Å². The molecule has 8 heteroatoms. The molecular weight excluding hydrogens is 262 g/mol. The van der Waals surface area contributed by atoms with E-state index in [-0.39, 0.29) is 23.3 Å². The zero-order valence-electron chi connectivity index (χ0n) is 10.5. The summed E-state index contributed by atoms with van der Waals surface area (Å²) in [5.41, 5.74) is 0.733. The number of amides is 1. The monoisotopic (exact) mass is 275 g/mol. The number of benzene rings is 1. The van der Waals surface area contributed by atoms with E-state index in [4.69, 9.17) is 0 Å². The van der Waals surface area contributed by atoms with Crippen molar-refractivity contribution in [2.75, 3.05) is 13.1 Å². The molecule has 1 amide bonds. The molecule has 1 unspecified atom stereocenters. The van der Waals surface area contributed by atoms with Crippen LogP contribution in [0.15, 0.2) is 18.2 Å². The van der Waals surface area contributed by atoms with E-state index in [2.05, 4.69) is 20.8 Å². The van der Waals surface area contributed by atoms with Crippen LogP contribution < -0.4 is 10.6 Å². The van der Waals surface area contributed by atoms with Gasteiger partial charge in [0.2, 0.25) is 0 Å². The highest BCUT2D eigenvalue weighted by molar-refractivity contribution is 6.05. The lowest BCUT2D eigenvalue weighted by molar-refractivity contribution is -0.384. The van der Waals surface area contributed by atoms with Crippen molar-refractivity contribution < 1.29 is 9.72 Å². The summed E-state index contributed by atoms with van der Waals surface area (Å²) >= 11 is 0. The van der Waals surface area contributed by atoms with Crippen molar-refractivity contribution in [3.05, 3.63) is 34.0 Å². The lowest BCUT2D eigenvalue weighted by atomic mass is 10.1. The number of nitrogens with one attached hydrogen (secondary N) is 3. The number of nitro benzene ring substituents is 1. The van der Waals surface area contributed by atoms with Crippen molar-refractivity contribution in [3.63, 3.8) is 0 Å². The quantitative estimate of drug-likeness (QED) is 0.559. The third-order valence-electron chi connectivity index (χ3n) is 3.37. The standard InChI is InChI=1S/C12H13N5O3/c18-12(14-7-3-4-13-6-7)11-9-5-8(17(19)20)1-2-10(9)15-16-11/h1-2,5,7,13H,3-4,6H2,(H,14,18)(H,15,16). The molecule has 1 aliphatic rings. The number of nitrogens with zero attached hydrogens (tertiary/aromatic N) is 2. The number of nitro groups is 1. The molecule has 3 rings (SSSR count). The number of hydrogen-bond donors (Lipinski definition) is 3. The number of carbonyl (C=O) groups is 1. The first kappa shape index (κ1) is 12.5. The van der Waals surface area contributed by atoms with Gasteiger partial charge in [0.25, 0.3) is 11.6 Å². The third kappa shape index (κ3) is 2.21. The van der Waals surface area contributed by atoms with Gasteiger partial charge in [-0.05, 0) is 19.0 Å². The summed E-state index contributed by atoms with van der Waals surface area (Å²) in [5.74, 6) is -0.314. The number of fused-ring (bicyclic) bond motifs is 1. The Morgan fingerprint density at radius 2 is 2.35 bits per heavy atom. The van der Waals surface area contributed by atoms with Crippen LogP contribution in [0.25, 0.3) is 10.9 Å². The summed E-state index contributed by atoms with van der Waals surface area (Å²) in [6.45, 7) is 1.60. The van der Waals surface area contributed by atoms with Crippen molar-refractivity contribution >= 4 is 22.5 Å². The number of aromatic nitrogens is 2. The van der Waals surface area contributed by atoms with Gasteiger partial charge in [-0.1, -0.05) is 0 Å². The van der Waals surface area contributed by atoms with Gasteiger partial charge in [-0.15, -0.1) is 0 Å². The minimum Gasteiger partial charge on any atom is -0.347 e. The highest BCUT2D eigenvalue weighted by Crippen LogP contribution is 2.22. The molecule has 1 fully saturated rings. The Labute approximate surface area is 113 Å². The first-order chi connectivity index (χ1) is 9.65. The summed E-state index contributed by atoms with van der Waals surface area (Å²) in [5, 5.41) is 23.9. The van der Waals surface area contributed by atoms with Crippen molar-refractivity contribution in [2.45, 2.75) is 12.5 Å². The molecule has 20 heavy (non-hydrogen) atoms. The molecule has 2 heterocycles. The van der Waals surface area contributed by atoms with Gasteiger partial charge < -0.3 is 10.6 Å². The molecule has 3 N–H and O–H groups in total. The van der Waals surface area contributed by atoms with Crippen LogP contribution in [0.5, 0.6) is 0 Å². The SMILES string of the molecule is O=C(NC1CCNC1)c1n[nH]c2ccc([N+](=O)[O-])cc12. The number of aromatic amines is 1. The van der Waals surface area contributed by atoms with Gasteiger partial charge in [-0.2, -0.15) is 5.10 Å². The van der Waals surface area contributed by atoms with Crippen molar-refractivity contribution in [1.82, 2.24) is 20.8 Å². The molecule has 0 saturated carbocycles. The van der Waals surface area contributed by atoms with E-state index in [0.29, 0.717) is 10.9 Å². The van der Waals surface area contributed by atoms with Crippen molar-refractivity contribution in [3.8, 4) is 0 Å². The van der Waals surface area contributed by atoms with E-state index >= 15 is 0 Å². The van der Waals surface area contributed by atoms with E-state index in [1.165, 1.54) is 12.1 Å². The summed E-state index contributed by atoms with van der Waals surface area (Å²) in [4.78, 5) is 22.5. The fourth-order valence-corrected chi connectivity index (χ4v) is 2.32. The van der Waals surface area contributed by atoms with Crippen LogP contribution in [-0.4, -0.2) is 40.2 Å². The fourth-order valence-electron chi connectivity index (χ4n) is 2.32. The largest absolute Gasteiger partial charge is 0.347 e. The average molecular weight is 275 g/mol. The molecule has 0 radical (unpaired) electrons. The van der Waals surface area contributed by atoms with Crippen LogP contribution >= 0.6 is 0 Å². The second kappa shape index (κ2) is 4.89. The maximum atomic E-state index is 12.2. The van der Waals surface area contributed by atoms with Crippen molar-refractivity contribution in [2.24, 2.45) is 0 Å². The van der Waals surface area contributed by atoms with Gasteiger partial charge in [0.1, 0.15) is 0 Å². The van der Waals surface area contributed by atoms with E-state index in [1.54, 1.807) is 6.07 Å². The number of non-ortho nitro benzene ring substituents is 1. The van der Waals surface area contributed by atoms with E-state index in [0.717, 1.165) is 19.5 Å². The first-order valence-electron chi connectivity index (χ1n) is 6.29. The van der Waals surface area contributed by atoms with Crippen molar-refractivity contribution in [1.29, 1.82) is 0 Å². The molecule has 1 aliphatic heterocycles. The van der Waals surface area contributed by atoms with Crippen LogP contribution in [0.4, 0.5) is 5.69 Å². The Morgan fingerprint density at radius 3 is 3.05 bits per heavy atom. The highest BCUT2D eigenvalue weighted by atomic mass is 16.6. The zero-order valence-corrected chi connectivity index (χ0v) is 10.5. The zero-order chi connectivity index (χ0) is 14.1. The Bertz CT molecular complexity index is 675. The topological polar surface area (TPSA) is 113 Å². The Morgan fingerprint density at radius 1 is 1.50 bits per heavy atom. The summed E-state index contributed by atoms with van der Waals surface area (Å²) in [7, 11) is 0. The van der Waals surface area contributed by atoms with Gasteiger partial charge in [0.05, 0.1) is 10.4 Å². The number of hydrogen-bond acceptors (Lipinski definition) is 5. The third-order valence-corrected chi connectivity index (χ3v) is 3.37. The van der Waals surface area contributed by atoms with Gasteiger partial charge in [0.15, 0.2) is 5.69 Å². The van der Waals surface area contributed by atoms with Gasteiger partial charge >= 0.3 is 0 Å². The van der Waals surface area contributed by atoms with Gasteiger partial charge in [0, 0.05) is 30.1 Å². The summed E-state index contributed by atoms with van der Waals surface area (Å²) < 4.78 is 0. The molecule has 8 nitrogen and oxygen atoms in total. The minimum absolute atomic E-state index is 0.0597. The lowest BCUT2D eigenvalue weighted by Crippen LogP contribution is -2.36. The Hall–Kier alpha value is -2.48. The van der Waals surface area contributed by atoms with Gasteiger partial charge in [-0.25, -0.2) is 0 Å². The van der Waals surface area contributed by atoms with Crippen LogP contribution in [-0.2, 0) is 0 Å². The molecule has 0 aliphatic carbocycles. The molecule has 104 valence electrons. The van der Waals surface area contributed by atoms with Crippen LogP contribution in [0.3, 0.4) is 0 Å². The number of H-pyrrole nitrogens is 1. The van der Waals surface area contributed by atoms with Crippen LogP contribution in [0.2, 0.25) is 0 Å². The predicted molar refractivity (Wildman–Crippen MR) is 71.5 cm³/mol. The smallest absolute Gasteiger partial charge is 0.272 e. The highest BCUT2D eigenvalue weighted by Gasteiger charge is 2.21. The molecular formula is C12H13N5O3. The maximum absolute atomic E-state index is 12.2. The Balaban J connectivity index is 1.91. The van der Waals surface area contributed by atoms with E-state index in [1.807, 2.05) is 0 Å². The normalized spacial score (nSPS) is 18.3. The number of carbonyl (C=O) groups excluding carboxylic acids is 1. The second-order valence-electron chi connectivity index (χ2n) is 4.72. The minimum atomic E-state index is -0.491. The summed E-state index contributed by atoms with van der Waals surface area (Å²) in [6.07, 6.45) is 0.869. The molecule has 0 bridgehead atoms. The molecule has 1 saturated heterocycles. The Kier molecular flexibility index (Phi) is 3.07. The summed E-state index contributed by atoms with van der Waals surface area (Å²) in [6, 6.07) is 4.37. The molecule has 1 aromatic carbocycles.